The van der Waals surface area contributed by atoms with Crippen molar-refractivity contribution in [2.24, 2.45) is 23.3 Å². The molecule has 2 saturated carbocycles. The number of carbonyl (C=O) groups excluding carboxylic acids is 2. The molecule has 0 aromatic carbocycles. The molecule has 0 aromatic heterocycles. The molecule has 2 aliphatic carbocycles. The van der Waals surface area contributed by atoms with E-state index in [-0.39, 0.29) is 24.4 Å². The van der Waals surface area contributed by atoms with E-state index in [4.69, 9.17) is 11.5 Å². The molecule has 2 rings (SSSR count). The number of hydrogen-bond acceptors (Lipinski definition) is 3. The van der Waals surface area contributed by atoms with Crippen LogP contribution < -0.4 is 11.5 Å². The van der Waals surface area contributed by atoms with Crippen molar-refractivity contribution in [1.29, 1.82) is 0 Å². The summed E-state index contributed by atoms with van der Waals surface area (Å²) in [6, 6.07) is 0.216. The van der Waals surface area contributed by atoms with Gasteiger partial charge in [-0.25, -0.2) is 0 Å². The Bertz CT molecular complexity index is 353. The van der Waals surface area contributed by atoms with Crippen molar-refractivity contribution in [1.82, 2.24) is 4.90 Å². The summed E-state index contributed by atoms with van der Waals surface area (Å²) < 4.78 is 0. The van der Waals surface area contributed by atoms with Crippen LogP contribution in [0.4, 0.5) is 0 Å². The first-order valence-electron chi connectivity index (χ1n) is 7.90. The number of nitrogens with zero attached hydrogens (tertiary/aromatic N) is 1. The number of primary amides is 1. The minimum absolute atomic E-state index is 0.0391. The zero-order valence-corrected chi connectivity index (χ0v) is 12.2. The maximum atomic E-state index is 12.8. The van der Waals surface area contributed by atoms with Crippen LogP contribution in [0.15, 0.2) is 0 Å². The van der Waals surface area contributed by atoms with Gasteiger partial charge in [0.1, 0.15) is 0 Å². The van der Waals surface area contributed by atoms with Gasteiger partial charge in [0.25, 0.3) is 0 Å². The molecule has 2 unspecified atom stereocenters. The molecule has 114 valence electrons. The second-order valence-corrected chi connectivity index (χ2v) is 6.34. The summed E-state index contributed by atoms with van der Waals surface area (Å²) in [5.41, 5.74) is 11.1. The van der Waals surface area contributed by atoms with Crippen molar-refractivity contribution in [2.75, 3.05) is 13.1 Å². The second-order valence-electron chi connectivity index (χ2n) is 6.34. The van der Waals surface area contributed by atoms with E-state index in [0.717, 1.165) is 51.4 Å². The monoisotopic (exact) mass is 281 g/mol. The molecule has 5 nitrogen and oxygen atoms in total. The maximum absolute atomic E-state index is 12.8. The highest BCUT2D eigenvalue weighted by Gasteiger charge is 2.34. The van der Waals surface area contributed by atoms with Crippen LogP contribution in [0.2, 0.25) is 0 Å². The highest BCUT2D eigenvalue weighted by atomic mass is 16.2. The molecule has 0 spiro atoms. The Labute approximate surface area is 121 Å². The molecule has 0 heterocycles. The largest absolute Gasteiger partial charge is 0.368 e. The maximum Gasteiger partial charge on any atom is 0.237 e. The molecular weight excluding hydrogens is 254 g/mol. The van der Waals surface area contributed by atoms with E-state index in [1.165, 1.54) is 0 Å². The molecule has 2 amide bonds. The smallest absolute Gasteiger partial charge is 0.237 e. The first-order valence-corrected chi connectivity index (χ1v) is 7.90. The van der Waals surface area contributed by atoms with Crippen molar-refractivity contribution in [2.45, 2.75) is 57.4 Å². The highest BCUT2D eigenvalue weighted by molar-refractivity contribution is 5.85. The molecule has 0 aliphatic heterocycles. The van der Waals surface area contributed by atoms with Crippen LogP contribution in [-0.4, -0.2) is 35.8 Å². The molecule has 2 fully saturated rings. The third-order valence-corrected chi connectivity index (χ3v) is 4.84. The van der Waals surface area contributed by atoms with Crippen LogP contribution in [0.1, 0.15) is 51.4 Å². The Balaban J connectivity index is 2.02. The van der Waals surface area contributed by atoms with Crippen LogP contribution in [-0.2, 0) is 9.59 Å². The zero-order valence-electron chi connectivity index (χ0n) is 12.2. The van der Waals surface area contributed by atoms with Gasteiger partial charge in [-0.05, 0) is 44.6 Å². The molecule has 2 aliphatic rings. The standard InChI is InChI=1S/C15H27N3O2/c16-9-11-4-3-5-12(8-11)15(20)18(10-14(17)19)13-6-1-2-7-13/h11-13H,1-10,16H2,(H2,17,19). The number of carbonyl (C=O) groups is 2. The molecule has 5 heteroatoms. The fraction of sp³-hybridized carbons (Fsp3) is 0.867. The van der Waals surface area contributed by atoms with E-state index in [1.54, 1.807) is 4.90 Å². The third-order valence-electron chi connectivity index (χ3n) is 4.84. The van der Waals surface area contributed by atoms with E-state index in [9.17, 15) is 9.59 Å². The van der Waals surface area contributed by atoms with Crippen molar-refractivity contribution < 1.29 is 9.59 Å². The molecule has 0 radical (unpaired) electrons. The lowest BCUT2D eigenvalue weighted by Crippen LogP contribution is -2.47. The van der Waals surface area contributed by atoms with Gasteiger partial charge in [0.05, 0.1) is 6.54 Å². The van der Waals surface area contributed by atoms with E-state index < -0.39 is 5.91 Å². The van der Waals surface area contributed by atoms with Crippen LogP contribution in [0.25, 0.3) is 0 Å². The average molecular weight is 281 g/mol. The van der Waals surface area contributed by atoms with Crippen LogP contribution >= 0.6 is 0 Å². The Kier molecular flexibility index (Phi) is 5.40. The lowest BCUT2D eigenvalue weighted by atomic mass is 9.80. The van der Waals surface area contributed by atoms with Crippen LogP contribution in [0.3, 0.4) is 0 Å². The number of rotatable bonds is 5. The third kappa shape index (κ3) is 3.72. The van der Waals surface area contributed by atoms with Gasteiger partial charge < -0.3 is 16.4 Å². The Morgan fingerprint density at radius 2 is 1.75 bits per heavy atom. The van der Waals surface area contributed by atoms with Crippen LogP contribution in [0.5, 0.6) is 0 Å². The molecule has 2 atom stereocenters. The van der Waals surface area contributed by atoms with Gasteiger partial charge in [-0.3, -0.25) is 9.59 Å². The molecule has 20 heavy (non-hydrogen) atoms. The lowest BCUT2D eigenvalue weighted by molar-refractivity contribution is -0.142. The molecule has 4 N–H and O–H groups in total. The summed E-state index contributed by atoms with van der Waals surface area (Å²) in [7, 11) is 0. The first-order chi connectivity index (χ1) is 9.61. The quantitative estimate of drug-likeness (QED) is 0.788. The predicted octanol–water partition coefficient (Wildman–Crippen LogP) is 1.01. The summed E-state index contributed by atoms with van der Waals surface area (Å²) in [5, 5.41) is 0. The minimum atomic E-state index is -0.406. The summed E-state index contributed by atoms with van der Waals surface area (Å²) in [6.45, 7) is 0.732. The SMILES string of the molecule is NCC1CCCC(C(=O)N(CC(N)=O)C2CCCC2)C1. The van der Waals surface area contributed by atoms with Gasteiger partial charge in [-0.2, -0.15) is 0 Å². The molecule has 0 aromatic rings. The number of hydrogen-bond donors (Lipinski definition) is 2. The minimum Gasteiger partial charge on any atom is -0.368 e. The predicted molar refractivity (Wildman–Crippen MR) is 77.7 cm³/mol. The first kappa shape index (κ1) is 15.3. The molecule has 0 saturated heterocycles. The van der Waals surface area contributed by atoms with Gasteiger partial charge in [0.2, 0.25) is 11.8 Å². The van der Waals surface area contributed by atoms with Gasteiger partial charge in [0, 0.05) is 12.0 Å². The van der Waals surface area contributed by atoms with Crippen molar-refractivity contribution in [3.63, 3.8) is 0 Å². The normalized spacial score (nSPS) is 27.4. The molecular formula is C15H27N3O2. The summed E-state index contributed by atoms with van der Waals surface area (Å²) in [5.74, 6) is 0.222. The average Bonchev–Trinajstić information content (AvgIpc) is 2.98. The van der Waals surface area contributed by atoms with Gasteiger partial charge >= 0.3 is 0 Å². The fourth-order valence-corrected chi connectivity index (χ4v) is 3.73. The van der Waals surface area contributed by atoms with Gasteiger partial charge in [0.15, 0.2) is 0 Å². The summed E-state index contributed by atoms with van der Waals surface area (Å²) >= 11 is 0. The number of amides is 2. The van der Waals surface area contributed by atoms with Crippen molar-refractivity contribution in [3.05, 3.63) is 0 Å². The summed E-state index contributed by atoms with van der Waals surface area (Å²) in [4.78, 5) is 25.8. The zero-order chi connectivity index (χ0) is 14.5. The topological polar surface area (TPSA) is 89.4 Å². The lowest BCUT2D eigenvalue weighted by Gasteiger charge is -2.35. The summed E-state index contributed by atoms with van der Waals surface area (Å²) in [6.07, 6.45) is 8.28. The Morgan fingerprint density at radius 1 is 1.05 bits per heavy atom. The number of nitrogens with two attached hydrogens (primary N) is 2. The van der Waals surface area contributed by atoms with Crippen molar-refractivity contribution in [3.8, 4) is 0 Å². The van der Waals surface area contributed by atoms with Gasteiger partial charge in [-0.15, -0.1) is 0 Å². The van der Waals surface area contributed by atoms with Crippen molar-refractivity contribution >= 4 is 11.8 Å². The fourth-order valence-electron chi connectivity index (χ4n) is 3.73. The highest BCUT2D eigenvalue weighted by Crippen LogP contribution is 2.32. The molecule has 0 bridgehead atoms. The van der Waals surface area contributed by atoms with E-state index >= 15 is 0 Å². The van der Waals surface area contributed by atoms with E-state index in [2.05, 4.69) is 0 Å². The van der Waals surface area contributed by atoms with Crippen LogP contribution in [0, 0.1) is 11.8 Å². The van der Waals surface area contributed by atoms with Gasteiger partial charge in [-0.1, -0.05) is 19.3 Å². The second kappa shape index (κ2) is 7.07. The van der Waals surface area contributed by atoms with E-state index in [1.807, 2.05) is 0 Å². The Morgan fingerprint density at radius 3 is 2.35 bits per heavy atom. The van der Waals surface area contributed by atoms with E-state index in [0.29, 0.717) is 12.5 Å². The Hall–Kier alpha value is -1.10.